The highest BCUT2D eigenvalue weighted by Crippen LogP contribution is 2.23. The van der Waals surface area contributed by atoms with Gasteiger partial charge in [0.15, 0.2) is 0 Å². The molecule has 0 aliphatic carbocycles. The summed E-state index contributed by atoms with van der Waals surface area (Å²) >= 11 is 0. The van der Waals surface area contributed by atoms with Crippen LogP contribution in [0.25, 0.3) is 0 Å². The van der Waals surface area contributed by atoms with Crippen LogP contribution in [0.3, 0.4) is 0 Å². The van der Waals surface area contributed by atoms with Gasteiger partial charge in [0.25, 0.3) is 0 Å². The van der Waals surface area contributed by atoms with Gasteiger partial charge in [-0.1, -0.05) is 27.7 Å². The minimum atomic E-state index is -0.0345. The summed E-state index contributed by atoms with van der Waals surface area (Å²) in [5, 5.41) is 3.35. The van der Waals surface area contributed by atoms with Crippen LogP contribution in [0.4, 0.5) is 11.6 Å². The Hall–Kier alpha value is -1.32. The SMILES string of the molecule is CCCNc1cc(N(C)CC)nc(C(C)(C)C)n1. The van der Waals surface area contributed by atoms with Gasteiger partial charge in [-0.25, -0.2) is 9.97 Å². The first-order chi connectivity index (χ1) is 8.38. The van der Waals surface area contributed by atoms with Gasteiger partial charge in [-0.3, -0.25) is 0 Å². The number of nitrogens with one attached hydrogen (secondary N) is 1. The topological polar surface area (TPSA) is 41.0 Å². The summed E-state index contributed by atoms with van der Waals surface area (Å²) in [4.78, 5) is 11.4. The lowest BCUT2D eigenvalue weighted by molar-refractivity contribution is 0.545. The number of rotatable bonds is 5. The smallest absolute Gasteiger partial charge is 0.138 e. The van der Waals surface area contributed by atoms with Crippen LogP contribution in [0.5, 0.6) is 0 Å². The normalized spacial score (nSPS) is 11.4. The predicted molar refractivity (Wildman–Crippen MR) is 78.5 cm³/mol. The lowest BCUT2D eigenvalue weighted by Gasteiger charge is -2.22. The molecule has 0 aliphatic heterocycles. The molecular formula is C14H26N4. The molecule has 0 aliphatic rings. The van der Waals surface area contributed by atoms with Crippen molar-refractivity contribution in [3.05, 3.63) is 11.9 Å². The molecule has 4 nitrogen and oxygen atoms in total. The molecule has 1 heterocycles. The summed E-state index contributed by atoms with van der Waals surface area (Å²) in [6.07, 6.45) is 1.09. The van der Waals surface area contributed by atoms with Crippen molar-refractivity contribution >= 4 is 11.6 Å². The minimum Gasteiger partial charge on any atom is -0.370 e. The Morgan fingerprint density at radius 3 is 2.39 bits per heavy atom. The zero-order chi connectivity index (χ0) is 13.8. The van der Waals surface area contributed by atoms with Crippen LogP contribution in [0, 0.1) is 0 Å². The van der Waals surface area contributed by atoms with E-state index in [0.717, 1.165) is 37.0 Å². The molecule has 0 radical (unpaired) electrons. The maximum absolute atomic E-state index is 4.66. The molecule has 0 bridgehead atoms. The van der Waals surface area contributed by atoms with Crippen molar-refractivity contribution in [3.63, 3.8) is 0 Å². The van der Waals surface area contributed by atoms with Crippen LogP contribution in [0.1, 0.15) is 46.9 Å². The van der Waals surface area contributed by atoms with Gasteiger partial charge in [0.05, 0.1) is 0 Å². The average molecular weight is 250 g/mol. The van der Waals surface area contributed by atoms with Crippen LogP contribution in [0.15, 0.2) is 6.07 Å². The van der Waals surface area contributed by atoms with Gasteiger partial charge in [-0.2, -0.15) is 0 Å². The summed E-state index contributed by atoms with van der Waals surface area (Å²) in [5.74, 6) is 2.79. The number of aromatic nitrogens is 2. The third-order valence-corrected chi connectivity index (χ3v) is 2.81. The van der Waals surface area contributed by atoms with Gasteiger partial charge in [0, 0.05) is 31.6 Å². The third-order valence-electron chi connectivity index (χ3n) is 2.81. The second-order valence-corrected chi connectivity index (χ2v) is 5.63. The molecule has 0 unspecified atom stereocenters. The molecule has 1 aromatic rings. The van der Waals surface area contributed by atoms with E-state index in [0.29, 0.717) is 0 Å². The van der Waals surface area contributed by atoms with E-state index in [1.807, 2.05) is 6.07 Å². The van der Waals surface area contributed by atoms with Crippen LogP contribution < -0.4 is 10.2 Å². The largest absolute Gasteiger partial charge is 0.370 e. The summed E-state index contributed by atoms with van der Waals surface area (Å²) in [6, 6.07) is 2.02. The van der Waals surface area contributed by atoms with Crippen molar-refractivity contribution in [1.29, 1.82) is 0 Å². The van der Waals surface area contributed by atoms with E-state index in [4.69, 9.17) is 0 Å². The van der Waals surface area contributed by atoms with Crippen LogP contribution in [-0.4, -0.2) is 30.1 Å². The molecule has 1 N–H and O–H groups in total. The van der Waals surface area contributed by atoms with E-state index in [9.17, 15) is 0 Å². The van der Waals surface area contributed by atoms with Crippen molar-refractivity contribution in [2.75, 3.05) is 30.4 Å². The summed E-state index contributed by atoms with van der Waals surface area (Å²) < 4.78 is 0. The van der Waals surface area contributed by atoms with E-state index in [1.54, 1.807) is 0 Å². The van der Waals surface area contributed by atoms with Gasteiger partial charge in [0.1, 0.15) is 17.5 Å². The highest BCUT2D eigenvalue weighted by Gasteiger charge is 2.19. The molecule has 0 saturated carbocycles. The number of nitrogens with zero attached hydrogens (tertiary/aromatic N) is 3. The van der Waals surface area contributed by atoms with Gasteiger partial charge < -0.3 is 10.2 Å². The van der Waals surface area contributed by atoms with E-state index in [-0.39, 0.29) is 5.41 Å². The first-order valence-electron chi connectivity index (χ1n) is 6.73. The highest BCUT2D eigenvalue weighted by molar-refractivity contribution is 5.49. The Labute approximate surface area is 111 Å². The molecule has 0 saturated heterocycles. The Balaban J connectivity index is 3.12. The Morgan fingerprint density at radius 1 is 1.22 bits per heavy atom. The van der Waals surface area contributed by atoms with E-state index in [1.165, 1.54) is 0 Å². The molecule has 0 amide bonds. The van der Waals surface area contributed by atoms with Crippen molar-refractivity contribution in [2.24, 2.45) is 0 Å². The number of hydrogen-bond acceptors (Lipinski definition) is 4. The molecule has 18 heavy (non-hydrogen) atoms. The summed E-state index contributed by atoms with van der Waals surface area (Å²) in [6.45, 7) is 12.6. The second kappa shape index (κ2) is 6.03. The fourth-order valence-corrected chi connectivity index (χ4v) is 1.47. The molecule has 0 spiro atoms. The molecular weight excluding hydrogens is 224 g/mol. The fraction of sp³-hybridized carbons (Fsp3) is 0.714. The second-order valence-electron chi connectivity index (χ2n) is 5.63. The Kier molecular flexibility index (Phi) is 4.93. The fourth-order valence-electron chi connectivity index (χ4n) is 1.47. The van der Waals surface area contributed by atoms with Crippen LogP contribution in [-0.2, 0) is 5.41 Å². The molecule has 4 heteroatoms. The van der Waals surface area contributed by atoms with Gasteiger partial charge in [-0.15, -0.1) is 0 Å². The summed E-state index contributed by atoms with van der Waals surface area (Å²) in [7, 11) is 2.05. The molecule has 102 valence electrons. The lowest BCUT2D eigenvalue weighted by atomic mass is 9.96. The van der Waals surface area contributed by atoms with Crippen LogP contribution >= 0.6 is 0 Å². The Bertz CT molecular complexity index is 382. The molecule has 0 aromatic carbocycles. The zero-order valence-electron chi connectivity index (χ0n) is 12.5. The van der Waals surface area contributed by atoms with Crippen molar-refractivity contribution in [3.8, 4) is 0 Å². The van der Waals surface area contributed by atoms with Crippen LogP contribution in [0.2, 0.25) is 0 Å². The van der Waals surface area contributed by atoms with E-state index in [2.05, 4.69) is 61.9 Å². The van der Waals surface area contributed by atoms with E-state index < -0.39 is 0 Å². The average Bonchev–Trinajstić information content (AvgIpc) is 2.33. The lowest BCUT2D eigenvalue weighted by Crippen LogP contribution is -2.23. The Morgan fingerprint density at radius 2 is 1.89 bits per heavy atom. The maximum Gasteiger partial charge on any atom is 0.138 e. The first-order valence-corrected chi connectivity index (χ1v) is 6.73. The van der Waals surface area contributed by atoms with Gasteiger partial charge in [0.2, 0.25) is 0 Å². The molecule has 1 rings (SSSR count). The first kappa shape index (κ1) is 14.7. The molecule has 0 fully saturated rings. The monoisotopic (exact) mass is 250 g/mol. The third kappa shape index (κ3) is 3.86. The predicted octanol–water partition coefficient (Wildman–Crippen LogP) is 3.05. The highest BCUT2D eigenvalue weighted by atomic mass is 15.2. The van der Waals surface area contributed by atoms with Crippen molar-refractivity contribution in [1.82, 2.24) is 9.97 Å². The quantitative estimate of drug-likeness (QED) is 0.872. The number of hydrogen-bond donors (Lipinski definition) is 1. The van der Waals surface area contributed by atoms with Crippen molar-refractivity contribution in [2.45, 2.75) is 46.5 Å². The van der Waals surface area contributed by atoms with Gasteiger partial charge >= 0.3 is 0 Å². The molecule has 1 aromatic heterocycles. The van der Waals surface area contributed by atoms with Crippen molar-refractivity contribution < 1.29 is 0 Å². The minimum absolute atomic E-state index is 0.0345. The zero-order valence-corrected chi connectivity index (χ0v) is 12.5. The number of anilines is 2. The maximum atomic E-state index is 4.66. The summed E-state index contributed by atoms with van der Waals surface area (Å²) in [5.41, 5.74) is -0.0345. The molecule has 0 atom stereocenters. The van der Waals surface area contributed by atoms with Gasteiger partial charge in [-0.05, 0) is 13.3 Å². The van der Waals surface area contributed by atoms with E-state index >= 15 is 0 Å². The standard InChI is InChI=1S/C14H26N4/c1-7-9-15-11-10-12(18(6)8-2)17-13(16-11)14(3,4)5/h10H,7-9H2,1-6H3,(H,15,16,17).